The SMILES string of the molecule is O=C(NC(c1ccccc1)c1cccc(OCc2ccc(C(=O)OCCCCNCC(O)c3ccc(O)c4[nH]c(=O)ccc34)c(Cl)c2)c1)OC1CN2CCC1CC2. The van der Waals surface area contributed by atoms with Crippen molar-refractivity contribution >= 4 is 34.6 Å². The molecule has 57 heavy (non-hydrogen) atoms. The highest BCUT2D eigenvalue weighted by Gasteiger charge is 2.37. The summed E-state index contributed by atoms with van der Waals surface area (Å²) in [5.41, 5.74) is 3.32. The van der Waals surface area contributed by atoms with Crippen LogP contribution in [0.5, 0.6) is 11.5 Å². The zero-order valence-electron chi connectivity index (χ0n) is 31.5. The van der Waals surface area contributed by atoms with Crippen LogP contribution >= 0.6 is 11.6 Å². The number of unbranched alkanes of at least 4 members (excludes halogenated alkanes) is 1. The number of rotatable bonds is 16. The van der Waals surface area contributed by atoms with Crippen LogP contribution in [0, 0.1) is 5.92 Å². The maximum atomic E-state index is 13.2. The molecule has 12 nitrogen and oxygen atoms in total. The molecule has 4 aromatic carbocycles. The Morgan fingerprint density at radius 3 is 2.51 bits per heavy atom. The second-order valence-electron chi connectivity index (χ2n) is 14.6. The van der Waals surface area contributed by atoms with Crippen molar-refractivity contribution in [3.05, 3.63) is 140 Å². The number of ether oxygens (including phenoxy) is 3. The number of carbonyl (C=O) groups is 2. The van der Waals surface area contributed by atoms with Gasteiger partial charge in [-0.1, -0.05) is 66.2 Å². The van der Waals surface area contributed by atoms with Gasteiger partial charge in [-0.2, -0.15) is 0 Å². The van der Waals surface area contributed by atoms with E-state index in [0.717, 1.165) is 49.2 Å². The molecule has 0 aliphatic carbocycles. The molecule has 3 aliphatic rings. The van der Waals surface area contributed by atoms with E-state index in [1.165, 1.54) is 12.1 Å². The first-order valence-corrected chi connectivity index (χ1v) is 19.8. The number of phenols is 1. The normalized spacial score (nSPS) is 18.5. The molecule has 0 saturated carbocycles. The molecule has 3 atom stereocenters. The highest BCUT2D eigenvalue weighted by molar-refractivity contribution is 6.33. The van der Waals surface area contributed by atoms with Crippen molar-refractivity contribution in [3.63, 3.8) is 0 Å². The van der Waals surface area contributed by atoms with Gasteiger partial charge in [0.1, 0.15) is 24.2 Å². The lowest BCUT2D eigenvalue weighted by molar-refractivity contribution is -0.0336. The van der Waals surface area contributed by atoms with Crippen molar-refractivity contribution in [3.8, 4) is 11.5 Å². The van der Waals surface area contributed by atoms with Crippen LogP contribution < -0.4 is 20.9 Å². The van der Waals surface area contributed by atoms with Crippen molar-refractivity contribution in [2.75, 3.05) is 39.3 Å². The number of piperidine rings is 3. The third-order valence-electron chi connectivity index (χ3n) is 10.7. The number of H-pyrrole nitrogens is 1. The largest absolute Gasteiger partial charge is 0.506 e. The summed E-state index contributed by atoms with van der Waals surface area (Å²) in [6, 6.07) is 28.0. The minimum atomic E-state index is -0.858. The summed E-state index contributed by atoms with van der Waals surface area (Å²) in [6.45, 7) is 4.17. The molecule has 4 heterocycles. The molecule has 0 spiro atoms. The molecule has 5 aromatic rings. The molecular formula is C44H47ClN4O8. The van der Waals surface area contributed by atoms with Gasteiger partial charge < -0.3 is 40.0 Å². The summed E-state index contributed by atoms with van der Waals surface area (Å²) in [5.74, 6) is 0.433. The number of halogens is 1. The van der Waals surface area contributed by atoms with Crippen molar-refractivity contribution in [2.24, 2.45) is 5.92 Å². The summed E-state index contributed by atoms with van der Waals surface area (Å²) < 4.78 is 17.6. The van der Waals surface area contributed by atoms with E-state index in [2.05, 4.69) is 20.5 Å². The molecule has 298 valence electrons. The van der Waals surface area contributed by atoms with Crippen LogP contribution in [-0.2, 0) is 16.1 Å². The fourth-order valence-electron chi connectivity index (χ4n) is 7.60. The Hall–Kier alpha value is -5.40. The van der Waals surface area contributed by atoms with E-state index >= 15 is 0 Å². The number of benzene rings is 4. The monoisotopic (exact) mass is 794 g/mol. The van der Waals surface area contributed by atoms with Crippen LogP contribution in [0.15, 0.2) is 102 Å². The summed E-state index contributed by atoms with van der Waals surface area (Å²) in [4.78, 5) is 42.7. The van der Waals surface area contributed by atoms with Crippen LogP contribution in [0.4, 0.5) is 4.79 Å². The molecule has 8 rings (SSSR count). The van der Waals surface area contributed by atoms with Gasteiger partial charge in [-0.05, 0) is 110 Å². The van der Waals surface area contributed by atoms with Crippen LogP contribution in [0.25, 0.3) is 10.9 Å². The Kier molecular flexibility index (Phi) is 13.1. The number of fused-ring (bicyclic) bond motifs is 4. The van der Waals surface area contributed by atoms with Gasteiger partial charge in [0.25, 0.3) is 0 Å². The van der Waals surface area contributed by atoms with E-state index in [9.17, 15) is 24.6 Å². The van der Waals surface area contributed by atoms with Gasteiger partial charge in [0.05, 0.1) is 34.9 Å². The smallest absolute Gasteiger partial charge is 0.408 e. The fraction of sp³-hybridized carbons (Fsp3) is 0.341. The lowest BCUT2D eigenvalue weighted by Gasteiger charge is -2.43. The molecule has 1 aromatic heterocycles. The van der Waals surface area contributed by atoms with Crippen LogP contribution in [0.3, 0.4) is 0 Å². The highest BCUT2D eigenvalue weighted by Crippen LogP contribution is 2.32. The number of aromatic hydroxyl groups is 1. The molecule has 0 radical (unpaired) electrons. The van der Waals surface area contributed by atoms with Gasteiger partial charge in [-0.25, -0.2) is 9.59 Å². The maximum absolute atomic E-state index is 13.2. The lowest BCUT2D eigenvalue weighted by Crippen LogP contribution is -2.52. The molecule has 1 amide bonds. The second kappa shape index (κ2) is 18.7. The maximum Gasteiger partial charge on any atom is 0.408 e. The standard InChI is InChI=1S/C44H47ClN4O8/c45-36-23-28(11-12-35(36)43(53)55-22-5-4-19-46-25-38(51)33-13-15-37(50)42-34(33)14-16-40(52)47-42)27-56-32-10-6-9-31(24-32)41(30-7-2-1-3-8-30)48-44(54)57-39-26-49-20-17-29(39)18-21-49/h1-3,6-16,23-24,29,38-39,41,46,50-51H,4-5,17-22,25-27H2,(H,47,52)(H,48,54). The average molecular weight is 795 g/mol. The minimum absolute atomic E-state index is 0.0623. The van der Waals surface area contributed by atoms with Crippen molar-refractivity contribution in [1.82, 2.24) is 20.5 Å². The number of amides is 1. The van der Waals surface area contributed by atoms with E-state index in [1.54, 1.807) is 30.3 Å². The summed E-state index contributed by atoms with van der Waals surface area (Å²) in [5, 5.41) is 27.9. The Bertz CT molecular complexity index is 2230. The first-order valence-electron chi connectivity index (χ1n) is 19.4. The number of aromatic nitrogens is 1. The Morgan fingerprint density at radius 2 is 1.74 bits per heavy atom. The van der Waals surface area contributed by atoms with Gasteiger partial charge in [-0.15, -0.1) is 0 Å². The average Bonchev–Trinajstić information content (AvgIpc) is 3.22. The van der Waals surface area contributed by atoms with Gasteiger partial charge in [0.2, 0.25) is 5.56 Å². The zero-order valence-corrected chi connectivity index (χ0v) is 32.3. The number of aliphatic hydroxyl groups is 1. The fourth-order valence-corrected chi connectivity index (χ4v) is 7.88. The van der Waals surface area contributed by atoms with E-state index in [1.807, 2.05) is 54.6 Å². The number of esters is 1. The molecular weight excluding hydrogens is 748 g/mol. The molecule has 13 heteroatoms. The number of aromatic amines is 1. The Balaban J connectivity index is 0.862. The predicted octanol–water partition coefficient (Wildman–Crippen LogP) is 6.64. The number of aliphatic hydroxyl groups excluding tert-OH is 1. The number of pyridine rings is 1. The summed E-state index contributed by atoms with van der Waals surface area (Å²) >= 11 is 6.52. The number of nitrogens with zero attached hydrogens (tertiary/aromatic N) is 1. The molecule has 3 unspecified atom stereocenters. The van der Waals surface area contributed by atoms with Gasteiger partial charge >= 0.3 is 12.1 Å². The first-order chi connectivity index (χ1) is 27.7. The second-order valence-corrected chi connectivity index (χ2v) is 15.0. The van der Waals surface area contributed by atoms with Gasteiger partial charge in [0, 0.05) is 24.5 Å². The van der Waals surface area contributed by atoms with E-state index in [-0.39, 0.29) is 53.3 Å². The first kappa shape index (κ1) is 39.8. The molecule has 5 N–H and O–H groups in total. The number of nitrogens with one attached hydrogen (secondary N) is 3. The third kappa shape index (κ3) is 10.1. The zero-order chi connectivity index (χ0) is 39.7. The predicted molar refractivity (Wildman–Crippen MR) is 217 cm³/mol. The third-order valence-corrected chi connectivity index (χ3v) is 11.0. The van der Waals surface area contributed by atoms with Crippen LogP contribution in [0.2, 0.25) is 5.02 Å². The number of hydrogen-bond acceptors (Lipinski definition) is 10. The van der Waals surface area contributed by atoms with Crippen molar-refractivity contribution in [2.45, 2.75) is 50.5 Å². The lowest BCUT2D eigenvalue weighted by atomic mass is 9.86. The van der Waals surface area contributed by atoms with Crippen molar-refractivity contribution in [1.29, 1.82) is 0 Å². The Morgan fingerprint density at radius 1 is 0.930 bits per heavy atom. The number of alkyl carbamates (subject to hydrolysis) is 1. The molecule has 3 aliphatic heterocycles. The number of carbonyl (C=O) groups excluding carboxylic acids is 2. The van der Waals surface area contributed by atoms with E-state index in [0.29, 0.717) is 42.0 Å². The quantitative estimate of drug-likeness (QED) is 0.0541. The van der Waals surface area contributed by atoms with E-state index in [4.69, 9.17) is 25.8 Å². The Labute approximate surface area is 335 Å². The minimum Gasteiger partial charge on any atom is -0.506 e. The van der Waals surface area contributed by atoms with Crippen LogP contribution in [-0.4, -0.2) is 77.6 Å². The van der Waals surface area contributed by atoms with Crippen LogP contribution in [0.1, 0.15) is 70.4 Å². The topological polar surface area (TPSA) is 162 Å². The molecule has 2 bridgehead atoms. The highest BCUT2D eigenvalue weighted by atomic mass is 35.5. The van der Waals surface area contributed by atoms with E-state index < -0.39 is 24.2 Å². The summed E-state index contributed by atoms with van der Waals surface area (Å²) in [6.07, 6.45) is 2.01. The van der Waals surface area contributed by atoms with Crippen molar-refractivity contribution < 1.29 is 34.0 Å². The van der Waals surface area contributed by atoms with Gasteiger partial charge in [0.15, 0.2) is 0 Å². The number of phenolic OH excluding ortho intramolecular Hbond substituents is 1. The van der Waals surface area contributed by atoms with Gasteiger partial charge in [-0.3, -0.25) is 9.69 Å². The molecule has 3 saturated heterocycles. The number of hydrogen-bond donors (Lipinski definition) is 5. The molecule has 3 fully saturated rings. The summed E-state index contributed by atoms with van der Waals surface area (Å²) in [7, 11) is 0.